The number of nitrogens with zero attached hydrogens (tertiary/aromatic N) is 1. The third-order valence-electron chi connectivity index (χ3n) is 2.82. The minimum atomic E-state index is -3.93. The Morgan fingerprint density at radius 2 is 1.86 bits per heavy atom. The van der Waals surface area contributed by atoms with Crippen molar-refractivity contribution in [3.8, 4) is 0 Å². The lowest BCUT2D eigenvalue weighted by Gasteiger charge is -2.10. The molecule has 0 heterocycles. The number of hydrogen-bond donors (Lipinski definition) is 1. The molecule has 0 amide bonds. The van der Waals surface area contributed by atoms with Crippen LogP contribution in [0.3, 0.4) is 0 Å². The zero-order valence-corrected chi connectivity index (χ0v) is 12.5. The van der Waals surface area contributed by atoms with Gasteiger partial charge in [-0.2, -0.15) is 0 Å². The summed E-state index contributed by atoms with van der Waals surface area (Å²) in [6.45, 7) is 1.39. The summed E-state index contributed by atoms with van der Waals surface area (Å²) in [6, 6.07) is 10.1. The van der Waals surface area contributed by atoms with Crippen LogP contribution in [0.4, 0.5) is 11.4 Å². The van der Waals surface area contributed by atoms with Crippen molar-refractivity contribution >= 4 is 33.0 Å². The van der Waals surface area contributed by atoms with Crippen LogP contribution in [0.25, 0.3) is 0 Å². The highest BCUT2D eigenvalue weighted by atomic mass is 35.5. The molecule has 0 aliphatic rings. The second-order valence-electron chi connectivity index (χ2n) is 4.27. The van der Waals surface area contributed by atoms with Gasteiger partial charge in [-0.25, -0.2) is 8.42 Å². The van der Waals surface area contributed by atoms with Crippen molar-refractivity contribution in [2.75, 3.05) is 4.72 Å². The molecule has 0 atom stereocenters. The van der Waals surface area contributed by atoms with Crippen molar-refractivity contribution in [3.63, 3.8) is 0 Å². The maximum absolute atomic E-state index is 12.3. The summed E-state index contributed by atoms with van der Waals surface area (Å²) in [7, 11) is -3.93. The van der Waals surface area contributed by atoms with Gasteiger partial charge in [-0.3, -0.25) is 14.8 Å². The first-order valence-corrected chi connectivity index (χ1v) is 7.70. The minimum Gasteiger partial charge on any atom is -0.280 e. The van der Waals surface area contributed by atoms with E-state index in [4.69, 9.17) is 11.6 Å². The first kappa shape index (κ1) is 15.3. The Bertz CT molecular complexity index is 806. The lowest BCUT2D eigenvalue weighted by atomic mass is 10.2. The molecular weight excluding hydrogens is 316 g/mol. The Morgan fingerprint density at radius 3 is 2.48 bits per heavy atom. The van der Waals surface area contributed by atoms with Gasteiger partial charge in [-0.05, 0) is 31.2 Å². The summed E-state index contributed by atoms with van der Waals surface area (Å²) >= 11 is 5.79. The third-order valence-corrected chi connectivity index (χ3v) is 4.58. The number of sulfonamides is 1. The van der Waals surface area contributed by atoms with Gasteiger partial charge in [0.15, 0.2) is 0 Å². The van der Waals surface area contributed by atoms with Gasteiger partial charge in [0.2, 0.25) is 0 Å². The monoisotopic (exact) mass is 326 g/mol. The number of benzene rings is 2. The summed E-state index contributed by atoms with van der Waals surface area (Å²) in [5.74, 6) is 0. The largest absolute Gasteiger partial charge is 0.280 e. The number of nitro groups is 1. The second-order valence-corrected chi connectivity index (χ2v) is 6.36. The average molecular weight is 327 g/mol. The van der Waals surface area contributed by atoms with Gasteiger partial charge in [0, 0.05) is 16.7 Å². The maximum Gasteiger partial charge on any atom is 0.273 e. The number of nitrogens with one attached hydrogen (secondary N) is 1. The summed E-state index contributed by atoms with van der Waals surface area (Å²) < 4.78 is 27.0. The van der Waals surface area contributed by atoms with Gasteiger partial charge in [-0.1, -0.05) is 23.7 Å². The highest BCUT2D eigenvalue weighted by Gasteiger charge is 2.22. The molecule has 2 aromatic carbocycles. The van der Waals surface area contributed by atoms with Gasteiger partial charge in [-0.15, -0.1) is 0 Å². The molecule has 0 fully saturated rings. The molecule has 2 aromatic rings. The molecule has 0 radical (unpaired) electrons. The smallest absolute Gasteiger partial charge is 0.273 e. The van der Waals surface area contributed by atoms with Crippen LogP contribution >= 0.6 is 11.6 Å². The van der Waals surface area contributed by atoms with Gasteiger partial charge in [0.1, 0.15) is 0 Å². The van der Waals surface area contributed by atoms with Gasteiger partial charge in [0.25, 0.3) is 15.7 Å². The van der Waals surface area contributed by atoms with E-state index in [2.05, 4.69) is 4.72 Å². The molecule has 0 unspecified atom stereocenters. The van der Waals surface area contributed by atoms with E-state index in [0.29, 0.717) is 5.02 Å². The number of halogens is 1. The number of anilines is 1. The molecule has 0 bridgehead atoms. The first-order chi connectivity index (χ1) is 9.81. The zero-order chi connectivity index (χ0) is 15.6. The summed E-state index contributed by atoms with van der Waals surface area (Å²) in [4.78, 5) is 10.1. The molecule has 0 spiro atoms. The topological polar surface area (TPSA) is 89.3 Å². The summed E-state index contributed by atoms with van der Waals surface area (Å²) in [5, 5.41) is 11.3. The molecule has 0 aromatic heterocycles. The van der Waals surface area contributed by atoms with E-state index in [0.717, 1.165) is 0 Å². The minimum absolute atomic E-state index is 0.0806. The van der Waals surface area contributed by atoms with Crippen LogP contribution in [0.1, 0.15) is 5.56 Å². The Kier molecular flexibility index (Phi) is 4.15. The number of hydrogen-bond acceptors (Lipinski definition) is 4. The van der Waals surface area contributed by atoms with E-state index >= 15 is 0 Å². The van der Waals surface area contributed by atoms with Crippen LogP contribution in [0, 0.1) is 17.0 Å². The van der Waals surface area contributed by atoms with Crippen molar-refractivity contribution in [2.24, 2.45) is 0 Å². The van der Waals surface area contributed by atoms with Gasteiger partial charge < -0.3 is 0 Å². The SMILES string of the molecule is Cc1c([N+](=O)[O-])cccc1S(=O)(=O)Nc1cccc(Cl)c1. The molecule has 110 valence electrons. The van der Waals surface area contributed by atoms with Crippen molar-refractivity contribution in [2.45, 2.75) is 11.8 Å². The fraction of sp³-hybridized carbons (Fsp3) is 0.0769. The molecule has 8 heteroatoms. The van der Waals surface area contributed by atoms with E-state index in [1.54, 1.807) is 12.1 Å². The predicted octanol–water partition coefficient (Wildman–Crippen LogP) is 3.36. The number of rotatable bonds is 4. The molecule has 0 saturated carbocycles. The van der Waals surface area contributed by atoms with Gasteiger partial charge in [0.05, 0.1) is 15.5 Å². The molecule has 0 aliphatic heterocycles. The Hall–Kier alpha value is -2.12. The van der Waals surface area contributed by atoms with Crippen LogP contribution in [0.15, 0.2) is 47.4 Å². The van der Waals surface area contributed by atoms with Crippen molar-refractivity contribution in [1.82, 2.24) is 0 Å². The Balaban J connectivity index is 2.45. The van der Waals surface area contributed by atoms with Crippen LogP contribution < -0.4 is 4.72 Å². The van der Waals surface area contributed by atoms with Crippen LogP contribution in [0.5, 0.6) is 0 Å². The standard InChI is InChI=1S/C13H11ClN2O4S/c1-9-12(16(17)18)6-3-7-13(9)21(19,20)15-11-5-2-4-10(14)8-11/h2-8,15H,1H3. The zero-order valence-electron chi connectivity index (χ0n) is 10.9. The molecule has 21 heavy (non-hydrogen) atoms. The van der Waals surface area contributed by atoms with Gasteiger partial charge >= 0.3 is 0 Å². The molecule has 0 saturated heterocycles. The number of nitro benzene ring substituents is 1. The van der Waals surface area contributed by atoms with Crippen LogP contribution in [-0.4, -0.2) is 13.3 Å². The molecule has 1 N–H and O–H groups in total. The van der Waals surface area contributed by atoms with E-state index in [-0.39, 0.29) is 21.8 Å². The normalized spacial score (nSPS) is 11.1. The molecule has 6 nitrogen and oxygen atoms in total. The summed E-state index contributed by atoms with van der Waals surface area (Å²) in [6.07, 6.45) is 0. The van der Waals surface area contributed by atoms with Crippen molar-refractivity contribution in [3.05, 3.63) is 63.2 Å². The molecular formula is C13H11ClN2O4S. The van der Waals surface area contributed by atoms with E-state index in [1.165, 1.54) is 37.3 Å². The van der Waals surface area contributed by atoms with Crippen LogP contribution in [-0.2, 0) is 10.0 Å². The van der Waals surface area contributed by atoms with E-state index in [1.807, 2.05) is 0 Å². The Labute approximate surface area is 126 Å². The average Bonchev–Trinajstić information content (AvgIpc) is 2.37. The highest BCUT2D eigenvalue weighted by Crippen LogP contribution is 2.26. The predicted molar refractivity (Wildman–Crippen MR) is 80.1 cm³/mol. The van der Waals surface area contributed by atoms with Crippen molar-refractivity contribution < 1.29 is 13.3 Å². The first-order valence-electron chi connectivity index (χ1n) is 5.83. The Morgan fingerprint density at radius 1 is 1.19 bits per heavy atom. The maximum atomic E-state index is 12.3. The summed E-state index contributed by atoms with van der Waals surface area (Å²) in [5.41, 5.74) is 0.120. The van der Waals surface area contributed by atoms with Crippen LogP contribution in [0.2, 0.25) is 5.02 Å². The fourth-order valence-electron chi connectivity index (χ4n) is 1.85. The molecule has 2 rings (SSSR count). The van der Waals surface area contributed by atoms with Crippen molar-refractivity contribution in [1.29, 1.82) is 0 Å². The lowest BCUT2D eigenvalue weighted by molar-refractivity contribution is -0.385. The third kappa shape index (κ3) is 3.32. The van der Waals surface area contributed by atoms with E-state index < -0.39 is 14.9 Å². The van der Waals surface area contributed by atoms with E-state index in [9.17, 15) is 18.5 Å². The highest BCUT2D eigenvalue weighted by molar-refractivity contribution is 7.92. The lowest BCUT2D eigenvalue weighted by Crippen LogP contribution is -2.14. The second kappa shape index (κ2) is 5.71. The quantitative estimate of drug-likeness (QED) is 0.689. The molecule has 0 aliphatic carbocycles. The fourth-order valence-corrected chi connectivity index (χ4v) is 3.36.